The first-order valence-electron chi connectivity index (χ1n) is 5.66. The van der Waals surface area contributed by atoms with Gasteiger partial charge in [-0.1, -0.05) is 18.5 Å². The van der Waals surface area contributed by atoms with Crippen molar-refractivity contribution >= 4 is 23.2 Å². The summed E-state index contributed by atoms with van der Waals surface area (Å²) in [5, 5.41) is 13.4. The van der Waals surface area contributed by atoms with Crippen molar-refractivity contribution in [3.05, 3.63) is 38.9 Å². The molecule has 1 aromatic rings. The van der Waals surface area contributed by atoms with Gasteiger partial charge >= 0.3 is 0 Å². The predicted octanol–water partition coefficient (Wildman–Crippen LogP) is 2.26. The van der Waals surface area contributed by atoms with Crippen LogP contribution in [0, 0.1) is 16.0 Å². The monoisotopic (exact) mass is 286 g/mol. The molecule has 0 saturated heterocycles. The van der Waals surface area contributed by atoms with Crippen LogP contribution in [0.2, 0.25) is 5.02 Å². The molecule has 0 aliphatic heterocycles. The fraction of sp³-hybridized carbons (Fsp3) is 0.417. The fourth-order valence-electron chi connectivity index (χ4n) is 1.51. The third-order valence-corrected chi connectivity index (χ3v) is 2.79. The van der Waals surface area contributed by atoms with Crippen molar-refractivity contribution in [3.8, 4) is 0 Å². The lowest BCUT2D eigenvalue weighted by molar-refractivity contribution is -0.384. The van der Waals surface area contributed by atoms with Crippen LogP contribution in [0.3, 0.4) is 0 Å². The molecular weight excluding hydrogens is 272 g/mol. The minimum absolute atomic E-state index is 0.00861. The number of amides is 1. The predicted molar refractivity (Wildman–Crippen MR) is 71.5 cm³/mol. The molecule has 0 aromatic heterocycles. The van der Waals surface area contributed by atoms with Gasteiger partial charge in [-0.2, -0.15) is 0 Å². The second kappa shape index (κ2) is 7.06. The van der Waals surface area contributed by atoms with E-state index in [0.29, 0.717) is 13.2 Å². The van der Waals surface area contributed by atoms with Crippen molar-refractivity contribution in [2.24, 2.45) is 5.92 Å². The van der Waals surface area contributed by atoms with E-state index >= 15 is 0 Å². The van der Waals surface area contributed by atoms with Crippen molar-refractivity contribution in [1.82, 2.24) is 5.32 Å². The number of carbonyl (C=O) groups is 1. The van der Waals surface area contributed by atoms with Crippen molar-refractivity contribution in [2.45, 2.75) is 6.92 Å². The van der Waals surface area contributed by atoms with E-state index in [1.165, 1.54) is 18.2 Å². The van der Waals surface area contributed by atoms with E-state index in [0.717, 1.165) is 0 Å². The largest absolute Gasteiger partial charge is 0.384 e. The second-order valence-corrected chi connectivity index (χ2v) is 4.60. The van der Waals surface area contributed by atoms with E-state index < -0.39 is 4.92 Å². The first kappa shape index (κ1) is 15.4. The summed E-state index contributed by atoms with van der Waals surface area (Å²) in [5.74, 6) is -0.209. The molecule has 1 aromatic carbocycles. The maximum Gasteiger partial charge on any atom is 0.288 e. The highest BCUT2D eigenvalue weighted by molar-refractivity contribution is 6.32. The zero-order valence-corrected chi connectivity index (χ0v) is 11.4. The van der Waals surface area contributed by atoms with Gasteiger partial charge in [0.2, 0.25) is 0 Å². The number of rotatable bonds is 6. The van der Waals surface area contributed by atoms with Crippen molar-refractivity contribution in [3.63, 3.8) is 0 Å². The second-order valence-electron chi connectivity index (χ2n) is 4.19. The number of nitrogens with one attached hydrogen (secondary N) is 1. The number of methoxy groups -OCH3 is 1. The Labute approximate surface area is 115 Å². The Bertz CT molecular complexity index is 479. The van der Waals surface area contributed by atoms with E-state index in [9.17, 15) is 14.9 Å². The molecule has 0 saturated carbocycles. The van der Waals surface area contributed by atoms with Crippen LogP contribution in [0.15, 0.2) is 18.2 Å². The van der Waals surface area contributed by atoms with Crippen LogP contribution >= 0.6 is 11.6 Å². The molecule has 0 aliphatic carbocycles. The highest BCUT2D eigenvalue weighted by atomic mass is 35.5. The zero-order valence-electron chi connectivity index (χ0n) is 10.7. The number of nitro benzene ring substituents is 1. The summed E-state index contributed by atoms with van der Waals surface area (Å²) in [4.78, 5) is 21.9. The highest BCUT2D eigenvalue weighted by Crippen LogP contribution is 2.24. The van der Waals surface area contributed by atoms with Crippen LogP contribution in [0.25, 0.3) is 0 Å². The van der Waals surface area contributed by atoms with E-state index in [-0.39, 0.29) is 28.1 Å². The lowest BCUT2D eigenvalue weighted by atomic mass is 10.1. The molecule has 1 atom stereocenters. The molecule has 0 fully saturated rings. The summed E-state index contributed by atoms with van der Waals surface area (Å²) in [7, 11) is 1.58. The van der Waals surface area contributed by atoms with Gasteiger partial charge in [-0.3, -0.25) is 14.9 Å². The van der Waals surface area contributed by atoms with Crippen molar-refractivity contribution in [1.29, 1.82) is 0 Å². The number of nitro groups is 1. The SMILES string of the molecule is COCC(C)CNC(=O)c1ccc(Cl)c([N+](=O)[O-])c1. The maximum absolute atomic E-state index is 11.8. The zero-order chi connectivity index (χ0) is 14.4. The molecule has 0 spiro atoms. The molecule has 7 heteroatoms. The number of benzene rings is 1. The normalized spacial score (nSPS) is 11.9. The molecule has 0 radical (unpaired) electrons. The summed E-state index contributed by atoms with van der Waals surface area (Å²) in [6.45, 7) is 2.89. The molecule has 1 rings (SSSR count). The standard InChI is InChI=1S/C12H15ClN2O4/c1-8(7-19-2)6-14-12(16)9-3-4-10(13)11(5-9)15(17)18/h3-5,8H,6-7H2,1-2H3,(H,14,16). The number of nitrogens with zero attached hydrogens (tertiary/aromatic N) is 1. The summed E-state index contributed by atoms with van der Waals surface area (Å²) >= 11 is 5.67. The summed E-state index contributed by atoms with van der Waals surface area (Å²) < 4.78 is 4.95. The molecule has 19 heavy (non-hydrogen) atoms. The average molecular weight is 287 g/mol. The number of carbonyl (C=O) groups excluding carboxylic acids is 1. The van der Waals surface area contributed by atoms with Gasteiger partial charge in [-0.15, -0.1) is 0 Å². The molecule has 1 amide bonds. The smallest absolute Gasteiger partial charge is 0.288 e. The van der Waals surface area contributed by atoms with E-state index in [1.54, 1.807) is 7.11 Å². The first-order chi connectivity index (χ1) is 8.95. The molecule has 0 heterocycles. The van der Waals surface area contributed by atoms with Gasteiger partial charge in [0.25, 0.3) is 11.6 Å². The minimum atomic E-state index is -0.618. The number of hydrogen-bond donors (Lipinski definition) is 1. The third-order valence-electron chi connectivity index (χ3n) is 2.47. The Balaban J connectivity index is 2.72. The van der Waals surface area contributed by atoms with E-state index in [2.05, 4.69) is 5.32 Å². The van der Waals surface area contributed by atoms with Crippen LogP contribution in [-0.2, 0) is 4.74 Å². The van der Waals surface area contributed by atoms with Crippen LogP contribution < -0.4 is 5.32 Å². The Morgan fingerprint density at radius 3 is 2.84 bits per heavy atom. The first-order valence-corrected chi connectivity index (χ1v) is 6.04. The molecule has 1 N–H and O–H groups in total. The van der Waals surface area contributed by atoms with Gasteiger partial charge in [-0.25, -0.2) is 0 Å². The Kier molecular flexibility index (Phi) is 5.72. The van der Waals surface area contributed by atoms with Crippen LogP contribution in [0.1, 0.15) is 17.3 Å². The molecule has 6 nitrogen and oxygen atoms in total. The molecule has 0 aliphatic rings. The molecule has 1 unspecified atom stereocenters. The highest BCUT2D eigenvalue weighted by Gasteiger charge is 2.16. The van der Waals surface area contributed by atoms with E-state index in [1.807, 2.05) is 6.92 Å². The average Bonchev–Trinajstić information content (AvgIpc) is 2.36. The van der Waals surface area contributed by atoms with Gasteiger partial charge in [0.15, 0.2) is 0 Å². The number of halogens is 1. The number of ether oxygens (including phenoxy) is 1. The van der Waals surface area contributed by atoms with Gasteiger partial charge < -0.3 is 10.1 Å². The lowest BCUT2D eigenvalue weighted by Crippen LogP contribution is -2.29. The minimum Gasteiger partial charge on any atom is -0.384 e. The van der Waals surface area contributed by atoms with Crippen LogP contribution in [-0.4, -0.2) is 31.1 Å². The molecule has 104 valence electrons. The number of hydrogen-bond acceptors (Lipinski definition) is 4. The van der Waals surface area contributed by atoms with Crippen LogP contribution in [0.4, 0.5) is 5.69 Å². The molecular formula is C12H15ClN2O4. The van der Waals surface area contributed by atoms with Gasteiger partial charge in [0.1, 0.15) is 5.02 Å². The van der Waals surface area contributed by atoms with E-state index in [4.69, 9.17) is 16.3 Å². The summed E-state index contributed by atoms with van der Waals surface area (Å²) in [6.07, 6.45) is 0. The van der Waals surface area contributed by atoms with Crippen molar-refractivity contribution < 1.29 is 14.5 Å². The topological polar surface area (TPSA) is 81.5 Å². The van der Waals surface area contributed by atoms with Gasteiger partial charge in [0.05, 0.1) is 11.5 Å². The van der Waals surface area contributed by atoms with Gasteiger partial charge in [0, 0.05) is 25.3 Å². The van der Waals surface area contributed by atoms with Crippen molar-refractivity contribution in [2.75, 3.05) is 20.3 Å². The lowest BCUT2D eigenvalue weighted by Gasteiger charge is -2.11. The Hall–Kier alpha value is -1.66. The third kappa shape index (κ3) is 4.50. The van der Waals surface area contributed by atoms with Crippen LogP contribution in [0.5, 0.6) is 0 Å². The Morgan fingerprint density at radius 2 is 2.26 bits per heavy atom. The van der Waals surface area contributed by atoms with Gasteiger partial charge in [-0.05, 0) is 18.1 Å². The maximum atomic E-state index is 11.8. The summed E-state index contributed by atoms with van der Waals surface area (Å²) in [5.41, 5.74) is -0.0695. The molecule has 0 bridgehead atoms. The summed E-state index contributed by atoms with van der Waals surface area (Å²) in [6, 6.07) is 3.96. The fourth-order valence-corrected chi connectivity index (χ4v) is 1.69. The quantitative estimate of drug-likeness (QED) is 0.642. The Morgan fingerprint density at radius 1 is 1.58 bits per heavy atom.